The number of carboxylic acids is 1. The third-order valence-corrected chi connectivity index (χ3v) is 6.33. The maximum atomic E-state index is 10.9. The first kappa shape index (κ1) is 24.4. The van der Waals surface area contributed by atoms with Gasteiger partial charge in [0, 0.05) is 27.4 Å². The highest BCUT2D eigenvalue weighted by Crippen LogP contribution is 2.27. The Morgan fingerprint density at radius 1 is 1.14 bits per heavy atom. The van der Waals surface area contributed by atoms with Gasteiger partial charge < -0.3 is 33.1 Å². The third kappa shape index (κ3) is 12.7. The van der Waals surface area contributed by atoms with Crippen LogP contribution in [0, 0.1) is 0 Å². The number of alkyl halides is 1. The van der Waals surface area contributed by atoms with E-state index in [1.54, 1.807) is 28.3 Å². The Bertz CT molecular complexity index is 353. The number of hydrogen-bond donors (Lipinski definition) is 4. The van der Waals surface area contributed by atoms with E-state index in [1.165, 1.54) is 0 Å². The molecule has 1 unspecified atom stereocenters. The van der Waals surface area contributed by atoms with E-state index < -0.39 is 26.9 Å². The van der Waals surface area contributed by atoms with Gasteiger partial charge in [0.2, 0.25) is 0 Å². The number of halogens is 1. The largest absolute Gasteiger partial charge is 0.500 e. The van der Waals surface area contributed by atoms with Crippen LogP contribution in [0.2, 0.25) is 6.04 Å². The molecule has 0 aromatic heterocycles. The summed E-state index contributed by atoms with van der Waals surface area (Å²) in [5, 5.41) is 8.93. The second-order valence-corrected chi connectivity index (χ2v) is 10.4. The topological polar surface area (TPSA) is 143 Å². The molecule has 0 saturated heterocycles. The number of carboxylic acid groups (broad SMARTS) is 1. The summed E-state index contributed by atoms with van der Waals surface area (Å²) in [7, 11) is -2.42. The molecule has 1 atom stereocenters. The molecule has 134 valence electrons. The first-order valence-electron chi connectivity index (χ1n) is 6.19. The maximum absolute atomic E-state index is 10.9. The minimum Gasteiger partial charge on any atom is -0.480 e. The van der Waals surface area contributed by atoms with Gasteiger partial charge in [0.15, 0.2) is 0 Å². The van der Waals surface area contributed by atoms with Gasteiger partial charge >= 0.3 is 22.6 Å². The zero-order chi connectivity index (χ0) is 18.0. The molecule has 0 rings (SSSR count). The van der Waals surface area contributed by atoms with Crippen LogP contribution in [0.25, 0.3) is 0 Å². The fourth-order valence-electron chi connectivity index (χ4n) is 1.46. The summed E-state index contributed by atoms with van der Waals surface area (Å²) >= 11 is 3.20. The van der Waals surface area contributed by atoms with Gasteiger partial charge in [-0.1, -0.05) is 22.4 Å². The van der Waals surface area contributed by atoms with Gasteiger partial charge in [0.25, 0.3) is 0 Å². The van der Waals surface area contributed by atoms with Gasteiger partial charge in [-0.2, -0.15) is 0 Å². The van der Waals surface area contributed by atoms with Crippen LogP contribution in [0.15, 0.2) is 0 Å². The van der Waals surface area contributed by atoms with Crippen molar-refractivity contribution in [2.45, 2.75) is 36.6 Å². The van der Waals surface area contributed by atoms with E-state index in [4.69, 9.17) is 37.6 Å². The van der Waals surface area contributed by atoms with Gasteiger partial charge in [0.1, 0.15) is 4.32 Å². The standard InChI is InChI=1S/C10H21BrO5Si.H3O4P/c1-10(11,9(12)13)7-5-6-8-17(14-2,15-3)16-4;1-5(2,3)4/h5-8H2,1-4H3,(H,12,13);(H3,1,2,3,4). The van der Waals surface area contributed by atoms with Crippen molar-refractivity contribution < 1.29 is 42.4 Å². The Balaban J connectivity index is 0. The number of phosphoric acid groups is 1. The lowest BCUT2D eigenvalue weighted by molar-refractivity contribution is -0.139. The molecular weight excluding hydrogens is 403 g/mol. The molecule has 0 aromatic carbocycles. The van der Waals surface area contributed by atoms with Crippen molar-refractivity contribution in [3.8, 4) is 0 Å². The summed E-state index contributed by atoms with van der Waals surface area (Å²) in [6.45, 7) is 1.66. The molecule has 22 heavy (non-hydrogen) atoms. The van der Waals surface area contributed by atoms with Crippen molar-refractivity contribution in [2.24, 2.45) is 0 Å². The zero-order valence-corrected chi connectivity index (χ0v) is 16.5. The van der Waals surface area contributed by atoms with Crippen LogP contribution in [0.3, 0.4) is 0 Å². The van der Waals surface area contributed by atoms with Gasteiger partial charge in [0.05, 0.1) is 0 Å². The molecule has 0 amide bonds. The van der Waals surface area contributed by atoms with Gasteiger partial charge in [-0.05, 0) is 19.8 Å². The Hall–Kier alpha value is 0.157. The molecule has 0 saturated carbocycles. The predicted molar refractivity (Wildman–Crippen MR) is 84.7 cm³/mol. The lowest BCUT2D eigenvalue weighted by Gasteiger charge is -2.24. The van der Waals surface area contributed by atoms with Crippen molar-refractivity contribution in [2.75, 3.05) is 21.3 Å². The van der Waals surface area contributed by atoms with Crippen LogP contribution in [0.4, 0.5) is 0 Å². The molecular formula is C10H24BrO9PSi. The van der Waals surface area contributed by atoms with Crippen LogP contribution >= 0.6 is 23.8 Å². The van der Waals surface area contributed by atoms with Crippen molar-refractivity contribution >= 4 is 38.5 Å². The van der Waals surface area contributed by atoms with Gasteiger partial charge in [-0.3, -0.25) is 4.79 Å². The van der Waals surface area contributed by atoms with Crippen molar-refractivity contribution in [1.82, 2.24) is 0 Å². The third-order valence-electron chi connectivity index (χ3n) is 2.76. The zero-order valence-electron chi connectivity index (χ0n) is 13.0. The first-order chi connectivity index (χ1) is 9.83. The van der Waals surface area contributed by atoms with E-state index in [1.807, 2.05) is 0 Å². The molecule has 0 aromatic rings. The van der Waals surface area contributed by atoms with E-state index >= 15 is 0 Å². The average Bonchev–Trinajstić information content (AvgIpc) is 2.38. The normalized spacial score (nSPS) is 14.7. The van der Waals surface area contributed by atoms with E-state index in [0.717, 1.165) is 12.8 Å². The van der Waals surface area contributed by atoms with E-state index in [9.17, 15) is 4.79 Å². The van der Waals surface area contributed by atoms with Crippen molar-refractivity contribution in [3.63, 3.8) is 0 Å². The minimum absolute atomic E-state index is 0.559. The van der Waals surface area contributed by atoms with Gasteiger partial charge in [-0.25, -0.2) is 4.57 Å². The lowest BCUT2D eigenvalue weighted by atomic mass is 10.1. The summed E-state index contributed by atoms with van der Waals surface area (Å²) in [5.41, 5.74) is 0. The Kier molecular flexibility index (Phi) is 12.0. The second kappa shape index (κ2) is 10.8. The smallest absolute Gasteiger partial charge is 0.480 e. The van der Waals surface area contributed by atoms with Crippen LogP contribution in [-0.4, -0.2) is 60.2 Å². The molecule has 4 N–H and O–H groups in total. The van der Waals surface area contributed by atoms with Crippen LogP contribution in [0.5, 0.6) is 0 Å². The van der Waals surface area contributed by atoms with Crippen LogP contribution < -0.4 is 0 Å². The Morgan fingerprint density at radius 3 is 1.77 bits per heavy atom. The number of carbonyl (C=O) groups is 1. The average molecular weight is 427 g/mol. The Morgan fingerprint density at radius 2 is 1.50 bits per heavy atom. The quantitative estimate of drug-likeness (QED) is 0.186. The molecule has 0 fully saturated rings. The summed E-state index contributed by atoms with van der Waals surface area (Å²) in [6.07, 6.45) is 2.15. The van der Waals surface area contributed by atoms with Crippen molar-refractivity contribution in [1.29, 1.82) is 0 Å². The molecule has 0 aliphatic rings. The minimum atomic E-state index is -4.64. The number of rotatable bonds is 9. The molecule has 9 nitrogen and oxygen atoms in total. The molecule has 0 radical (unpaired) electrons. The molecule has 0 heterocycles. The number of aliphatic carboxylic acids is 1. The summed E-state index contributed by atoms with van der Waals surface area (Å²) in [5.74, 6) is -0.841. The monoisotopic (exact) mass is 426 g/mol. The SMILES string of the molecule is CO[Si](CCCCC(C)(Br)C(=O)O)(OC)OC.O=P(O)(O)O. The van der Waals surface area contributed by atoms with E-state index in [2.05, 4.69) is 15.9 Å². The maximum Gasteiger partial charge on any atom is 0.500 e. The fraction of sp³-hybridized carbons (Fsp3) is 0.900. The molecule has 0 bridgehead atoms. The van der Waals surface area contributed by atoms with E-state index in [-0.39, 0.29) is 0 Å². The van der Waals surface area contributed by atoms with Gasteiger partial charge in [-0.15, -0.1) is 0 Å². The molecule has 0 aliphatic carbocycles. The fourth-order valence-corrected chi connectivity index (χ4v) is 3.54. The van der Waals surface area contributed by atoms with E-state index in [0.29, 0.717) is 12.5 Å². The highest BCUT2D eigenvalue weighted by Gasteiger charge is 2.37. The highest BCUT2D eigenvalue weighted by atomic mass is 79.9. The number of unbranched alkanes of at least 4 members (excludes halogenated alkanes) is 1. The molecule has 12 heteroatoms. The highest BCUT2D eigenvalue weighted by molar-refractivity contribution is 9.10. The summed E-state index contributed by atoms with van der Waals surface area (Å²) in [4.78, 5) is 32.4. The predicted octanol–water partition coefficient (Wildman–Crippen LogP) is 1.34. The van der Waals surface area contributed by atoms with Crippen molar-refractivity contribution in [3.05, 3.63) is 0 Å². The molecule has 0 aliphatic heterocycles. The molecule has 0 spiro atoms. The Labute approximate surface area is 139 Å². The lowest BCUT2D eigenvalue weighted by Crippen LogP contribution is -2.42. The summed E-state index contributed by atoms with van der Waals surface area (Å²) < 4.78 is 23.9. The second-order valence-electron chi connectivity index (χ2n) is 4.52. The van der Waals surface area contributed by atoms with Crippen LogP contribution in [0.1, 0.15) is 26.2 Å². The summed E-state index contributed by atoms with van der Waals surface area (Å²) in [6, 6.07) is 0.694. The van der Waals surface area contributed by atoms with Crippen LogP contribution in [-0.2, 0) is 22.6 Å². The number of hydrogen-bond acceptors (Lipinski definition) is 5. The first-order valence-corrected chi connectivity index (χ1v) is 10.5.